The van der Waals surface area contributed by atoms with Crippen molar-refractivity contribution >= 4 is 17.2 Å². The Labute approximate surface area is 107 Å². The van der Waals surface area contributed by atoms with Crippen LogP contribution in [0.25, 0.3) is 0 Å². The lowest BCUT2D eigenvalue weighted by Crippen LogP contribution is -2.32. The lowest BCUT2D eigenvalue weighted by Gasteiger charge is -2.27. The van der Waals surface area contributed by atoms with E-state index in [-0.39, 0.29) is 17.5 Å². The standard InChI is InChI=1S/C13H20N2OS/c1-13(2,3)6-7-15-11(16)9-14-12(15)10-5-4-8-17-10/h4-5,8,12,14H,6-7,9H2,1-3H3. The molecule has 1 atom stereocenters. The van der Waals surface area contributed by atoms with Crippen LogP contribution < -0.4 is 5.32 Å². The summed E-state index contributed by atoms with van der Waals surface area (Å²) < 4.78 is 0. The molecule has 0 aliphatic carbocycles. The fraction of sp³-hybridized carbons (Fsp3) is 0.615. The van der Waals surface area contributed by atoms with Gasteiger partial charge in [-0.15, -0.1) is 11.3 Å². The highest BCUT2D eigenvalue weighted by Gasteiger charge is 2.32. The molecule has 94 valence electrons. The van der Waals surface area contributed by atoms with E-state index in [9.17, 15) is 4.79 Å². The second kappa shape index (κ2) is 4.78. The van der Waals surface area contributed by atoms with Gasteiger partial charge in [-0.3, -0.25) is 10.1 Å². The largest absolute Gasteiger partial charge is 0.321 e. The number of hydrogen-bond donors (Lipinski definition) is 1. The molecule has 1 unspecified atom stereocenters. The van der Waals surface area contributed by atoms with Crippen LogP contribution in [0.2, 0.25) is 0 Å². The second-order valence-corrected chi connectivity index (χ2v) is 6.68. The Balaban J connectivity index is 2.05. The Morgan fingerprint density at radius 3 is 2.88 bits per heavy atom. The predicted octanol–water partition coefficient (Wildman–Crippen LogP) is 2.61. The zero-order chi connectivity index (χ0) is 12.5. The smallest absolute Gasteiger partial charge is 0.238 e. The van der Waals surface area contributed by atoms with Crippen LogP contribution in [0.3, 0.4) is 0 Å². The first kappa shape index (κ1) is 12.6. The molecule has 1 amide bonds. The average Bonchev–Trinajstić information content (AvgIpc) is 2.82. The minimum absolute atomic E-state index is 0.0878. The van der Waals surface area contributed by atoms with Crippen molar-refractivity contribution in [3.63, 3.8) is 0 Å². The molecule has 1 aromatic heterocycles. The molecule has 1 N–H and O–H groups in total. The Morgan fingerprint density at radius 2 is 2.29 bits per heavy atom. The number of carbonyl (C=O) groups excluding carboxylic acids is 1. The van der Waals surface area contributed by atoms with E-state index in [0.717, 1.165) is 13.0 Å². The fourth-order valence-electron chi connectivity index (χ4n) is 1.95. The van der Waals surface area contributed by atoms with Crippen molar-refractivity contribution < 1.29 is 4.79 Å². The summed E-state index contributed by atoms with van der Waals surface area (Å²) in [5.41, 5.74) is 0.267. The fourth-order valence-corrected chi connectivity index (χ4v) is 2.76. The molecule has 2 rings (SSSR count). The minimum atomic E-state index is 0.0878. The molecule has 0 radical (unpaired) electrons. The van der Waals surface area contributed by atoms with E-state index < -0.39 is 0 Å². The number of nitrogens with one attached hydrogen (secondary N) is 1. The summed E-state index contributed by atoms with van der Waals surface area (Å²) >= 11 is 1.70. The van der Waals surface area contributed by atoms with Gasteiger partial charge in [0.15, 0.2) is 0 Å². The number of carbonyl (C=O) groups is 1. The highest BCUT2D eigenvalue weighted by atomic mass is 32.1. The number of thiophene rings is 1. The van der Waals surface area contributed by atoms with Crippen LogP contribution in [0, 0.1) is 5.41 Å². The van der Waals surface area contributed by atoms with Gasteiger partial charge in [-0.2, -0.15) is 0 Å². The Bertz CT molecular complexity index is 381. The van der Waals surface area contributed by atoms with E-state index in [4.69, 9.17) is 0 Å². The summed E-state index contributed by atoms with van der Waals surface area (Å²) in [6.07, 6.45) is 1.12. The first-order chi connectivity index (χ1) is 7.97. The summed E-state index contributed by atoms with van der Waals surface area (Å²) in [4.78, 5) is 15.1. The zero-order valence-corrected chi connectivity index (χ0v) is 11.5. The van der Waals surface area contributed by atoms with Crippen LogP contribution in [0.5, 0.6) is 0 Å². The lowest BCUT2D eigenvalue weighted by atomic mass is 9.92. The highest BCUT2D eigenvalue weighted by Crippen LogP contribution is 2.28. The Morgan fingerprint density at radius 1 is 1.53 bits per heavy atom. The summed E-state index contributed by atoms with van der Waals surface area (Å²) in [6.45, 7) is 7.92. The molecule has 1 fully saturated rings. The number of hydrogen-bond acceptors (Lipinski definition) is 3. The van der Waals surface area contributed by atoms with Crippen molar-refractivity contribution in [2.45, 2.75) is 33.4 Å². The van der Waals surface area contributed by atoms with Gasteiger partial charge in [-0.05, 0) is 23.3 Å². The molecule has 0 spiro atoms. The first-order valence-electron chi connectivity index (χ1n) is 6.04. The van der Waals surface area contributed by atoms with Gasteiger partial charge in [0.2, 0.25) is 5.91 Å². The molecule has 0 saturated carbocycles. The van der Waals surface area contributed by atoms with E-state index in [1.54, 1.807) is 11.3 Å². The van der Waals surface area contributed by atoms with Crippen LogP contribution in [0.4, 0.5) is 0 Å². The van der Waals surface area contributed by atoms with E-state index in [1.807, 2.05) is 11.0 Å². The topological polar surface area (TPSA) is 32.3 Å². The van der Waals surface area contributed by atoms with Crippen LogP contribution in [-0.4, -0.2) is 23.9 Å². The molecule has 4 heteroatoms. The van der Waals surface area contributed by atoms with Crippen molar-refractivity contribution in [2.75, 3.05) is 13.1 Å². The third kappa shape index (κ3) is 3.07. The lowest BCUT2D eigenvalue weighted by molar-refractivity contribution is -0.128. The van der Waals surface area contributed by atoms with Gasteiger partial charge < -0.3 is 4.90 Å². The highest BCUT2D eigenvalue weighted by molar-refractivity contribution is 7.10. The molecule has 1 saturated heterocycles. The van der Waals surface area contributed by atoms with Gasteiger partial charge in [-0.25, -0.2) is 0 Å². The maximum absolute atomic E-state index is 11.9. The summed E-state index contributed by atoms with van der Waals surface area (Å²) in [5.74, 6) is 0.215. The molecule has 0 aromatic carbocycles. The summed E-state index contributed by atoms with van der Waals surface area (Å²) in [5, 5.41) is 5.34. The number of nitrogens with zero attached hydrogens (tertiary/aromatic N) is 1. The van der Waals surface area contributed by atoms with Gasteiger partial charge in [0.25, 0.3) is 0 Å². The molecule has 17 heavy (non-hydrogen) atoms. The first-order valence-corrected chi connectivity index (χ1v) is 6.91. The summed E-state index contributed by atoms with van der Waals surface area (Å²) in [7, 11) is 0. The van der Waals surface area contributed by atoms with Crippen molar-refractivity contribution in [1.82, 2.24) is 10.2 Å². The number of amides is 1. The molecule has 1 aliphatic rings. The van der Waals surface area contributed by atoms with Crippen LogP contribution in [-0.2, 0) is 4.79 Å². The van der Waals surface area contributed by atoms with E-state index in [2.05, 4.69) is 37.5 Å². The number of rotatable bonds is 3. The Kier molecular flexibility index (Phi) is 3.54. The van der Waals surface area contributed by atoms with Crippen molar-refractivity contribution in [3.05, 3.63) is 22.4 Å². The van der Waals surface area contributed by atoms with Crippen molar-refractivity contribution in [2.24, 2.45) is 5.41 Å². The second-order valence-electron chi connectivity index (χ2n) is 5.70. The zero-order valence-electron chi connectivity index (χ0n) is 10.7. The van der Waals surface area contributed by atoms with E-state index in [0.29, 0.717) is 6.54 Å². The third-order valence-electron chi connectivity index (χ3n) is 2.99. The molecule has 3 nitrogen and oxygen atoms in total. The maximum Gasteiger partial charge on any atom is 0.238 e. The van der Waals surface area contributed by atoms with E-state index in [1.165, 1.54) is 4.88 Å². The van der Waals surface area contributed by atoms with Gasteiger partial charge in [0.05, 0.1) is 6.54 Å². The molecule has 2 heterocycles. The van der Waals surface area contributed by atoms with Crippen LogP contribution >= 0.6 is 11.3 Å². The SMILES string of the molecule is CC(C)(C)CCN1C(=O)CNC1c1cccs1. The third-order valence-corrected chi connectivity index (χ3v) is 3.92. The average molecular weight is 252 g/mol. The normalized spacial score (nSPS) is 21.2. The van der Waals surface area contributed by atoms with Gasteiger partial charge in [-0.1, -0.05) is 26.8 Å². The minimum Gasteiger partial charge on any atom is -0.321 e. The van der Waals surface area contributed by atoms with Gasteiger partial charge >= 0.3 is 0 Å². The molecular formula is C13H20N2OS. The van der Waals surface area contributed by atoms with Crippen LogP contribution in [0.1, 0.15) is 38.2 Å². The van der Waals surface area contributed by atoms with Crippen LogP contribution in [0.15, 0.2) is 17.5 Å². The van der Waals surface area contributed by atoms with Gasteiger partial charge in [0.1, 0.15) is 6.17 Å². The Hall–Kier alpha value is -0.870. The maximum atomic E-state index is 11.9. The summed E-state index contributed by atoms with van der Waals surface area (Å²) in [6, 6.07) is 4.12. The van der Waals surface area contributed by atoms with Gasteiger partial charge in [0, 0.05) is 11.4 Å². The molecular weight excluding hydrogens is 232 g/mol. The monoisotopic (exact) mass is 252 g/mol. The predicted molar refractivity (Wildman–Crippen MR) is 70.8 cm³/mol. The molecule has 0 bridgehead atoms. The van der Waals surface area contributed by atoms with Crippen molar-refractivity contribution in [1.29, 1.82) is 0 Å². The molecule has 1 aromatic rings. The van der Waals surface area contributed by atoms with E-state index >= 15 is 0 Å². The van der Waals surface area contributed by atoms with Crippen molar-refractivity contribution in [3.8, 4) is 0 Å². The quantitative estimate of drug-likeness (QED) is 0.897. The molecule has 1 aliphatic heterocycles.